The third-order valence-corrected chi connectivity index (χ3v) is 5.51. The zero-order chi connectivity index (χ0) is 19.8. The summed E-state index contributed by atoms with van der Waals surface area (Å²) in [6.07, 6.45) is 2.76. The number of amides is 3. The average molecular weight is 381 g/mol. The molecular formula is C20H23N5O3. The number of anilines is 2. The number of benzene rings is 1. The lowest BCUT2D eigenvalue weighted by atomic mass is 10.00. The van der Waals surface area contributed by atoms with Crippen LogP contribution in [0.25, 0.3) is 0 Å². The number of primary amides is 1. The second-order valence-electron chi connectivity index (χ2n) is 7.52. The molecule has 1 saturated carbocycles. The van der Waals surface area contributed by atoms with Crippen LogP contribution in [0.15, 0.2) is 30.3 Å². The Morgan fingerprint density at radius 3 is 2.57 bits per heavy atom. The Labute approximate surface area is 162 Å². The Balaban J connectivity index is 1.40. The zero-order valence-electron chi connectivity index (χ0n) is 15.6. The van der Waals surface area contributed by atoms with E-state index >= 15 is 0 Å². The average Bonchev–Trinajstić information content (AvgIpc) is 3.31. The summed E-state index contributed by atoms with van der Waals surface area (Å²) in [4.78, 5) is 37.7. The summed E-state index contributed by atoms with van der Waals surface area (Å²) in [6, 6.07) is 9.12. The van der Waals surface area contributed by atoms with Gasteiger partial charge < -0.3 is 16.0 Å². The van der Waals surface area contributed by atoms with Crippen LogP contribution in [0.2, 0.25) is 0 Å². The number of hydrogen-bond acceptors (Lipinski definition) is 4. The van der Waals surface area contributed by atoms with Gasteiger partial charge >= 0.3 is 0 Å². The number of carbonyl (C=O) groups is 3. The second kappa shape index (κ2) is 7.10. The monoisotopic (exact) mass is 381 g/mol. The summed E-state index contributed by atoms with van der Waals surface area (Å²) in [5.41, 5.74) is 7.87. The van der Waals surface area contributed by atoms with Crippen molar-refractivity contribution in [1.82, 2.24) is 10.2 Å². The van der Waals surface area contributed by atoms with Gasteiger partial charge in [0.2, 0.25) is 17.7 Å². The summed E-state index contributed by atoms with van der Waals surface area (Å²) in [5, 5.41) is 9.96. The first-order chi connectivity index (χ1) is 13.4. The molecule has 1 aliphatic carbocycles. The lowest BCUT2D eigenvalue weighted by molar-refractivity contribution is -0.130. The molecule has 1 saturated heterocycles. The molecule has 8 nitrogen and oxygen atoms in total. The number of nitrogens with one attached hydrogen (secondary N) is 2. The first kappa shape index (κ1) is 18.2. The smallest absolute Gasteiger partial charge is 0.239 e. The molecule has 146 valence electrons. The number of nitrogens with zero attached hydrogens (tertiary/aromatic N) is 2. The van der Waals surface area contributed by atoms with Crippen molar-refractivity contribution in [1.29, 1.82) is 0 Å². The number of nitrogens with two attached hydrogens (primary N) is 1. The van der Waals surface area contributed by atoms with E-state index in [1.807, 2.05) is 25.1 Å². The predicted molar refractivity (Wildman–Crippen MR) is 104 cm³/mol. The summed E-state index contributed by atoms with van der Waals surface area (Å²) in [6.45, 7) is 2.28. The molecule has 2 atom stereocenters. The van der Waals surface area contributed by atoms with Gasteiger partial charge in [0, 0.05) is 29.9 Å². The molecule has 1 aliphatic heterocycles. The summed E-state index contributed by atoms with van der Waals surface area (Å²) < 4.78 is 0. The lowest BCUT2D eigenvalue weighted by Crippen LogP contribution is -2.33. The molecule has 2 aliphatic rings. The van der Waals surface area contributed by atoms with Crippen molar-refractivity contribution in [2.45, 2.75) is 38.0 Å². The molecule has 0 radical (unpaired) electrons. The van der Waals surface area contributed by atoms with Gasteiger partial charge in [0.1, 0.15) is 5.92 Å². The van der Waals surface area contributed by atoms with E-state index in [4.69, 9.17) is 5.73 Å². The highest BCUT2D eigenvalue weighted by molar-refractivity contribution is 6.09. The minimum atomic E-state index is -0.751. The number of carbonyl (C=O) groups excluding carboxylic acids is 3. The Morgan fingerprint density at radius 1 is 1.25 bits per heavy atom. The van der Waals surface area contributed by atoms with Gasteiger partial charge in [-0.25, -0.2) is 0 Å². The van der Waals surface area contributed by atoms with Gasteiger partial charge in [-0.05, 0) is 43.9 Å². The highest BCUT2D eigenvalue weighted by Gasteiger charge is 2.36. The van der Waals surface area contributed by atoms with E-state index in [9.17, 15) is 14.4 Å². The van der Waals surface area contributed by atoms with Crippen LogP contribution in [0.5, 0.6) is 0 Å². The van der Waals surface area contributed by atoms with Crippen molar-refractivity contribution in [3.05, 3.63) is 41.6 Å². The van der Waals surface area contributed by atoms with Crippen molar-refractivity contribution in [3.8, 4) is 0 Å². The maximum absolute atomic E-state index is 12.5. The Hall–Kier alpha value is -3.16. The SMILES string of the molecule is CC(C(=O)Nc1cc(C2CC2)[nH]n1)c1ccc(N2CCC(C(N)=O)C2=O)cc1. The topological polar surface area (TPSA) is 121 Å². The molecule has 1 aromatic carbocycles. The Bertz CT molecular complexity index is 916. The van der Waals surface area contributed by atoms with E-state index in [1.54, 1.807) is 17.0 Å². The minimum absolute atomic E-state index is 0.146. The summed E-state index contributed by atoms with van der Waals surface area (Å²) >= 11 is 0. The van der Waals surface area contributed by atoms with Crippen molar-refractivity contribution in [2.24, 2.45) is 11.7 Å². The molecule has 8 heteroatoms. The van der Waals surface area contributed by atoms with Gasteiger partial charge in [0.15, 0.2) is 5.82 Å². The molecule has 2 heterocycles. The van der Waals surface area contributed by atoms with Crippen LogP contribution >= 0.6 is 0 Å². The quantitative estimate of drug-likeness (QED) is 0.661. The van der Waals surface area contributed by atoms with E-state index in [-0.39, 0.29) is 17.7 Å². The molecule has 3 amide bonds. The normalized spacial score (nSPS) is 20.2. The number of aromatic amines is 1. The molecule has 2 aromatic rings. The van der Waals surface area contributed by atoms with Gasteiger partial charge in [0.25, 0.3) is 0 Å². The fraction of sp³-hybridized carbons (Fsp3) is 0.400. The molecule has 2 fully saturated rings. The van der Waals surface area contributed by atoms with E-state index in [0.29, 0.717) is 30.4 Å². The molecule has 0 bridgehead atoms. The van der Waals surface area contributed by atoms with Crippen molar-refractivity contribution in [2.75, 3.05) is 16.8 Å². The van der Waals surface area contributed by atoms with Crippen molar-refractivity contribution in [3.63, 3.8) is 0 Å². The maximum Gasteiger partial charge on any atom is 0.239 e. The molecule has 28 heavy (non-hydrogen) atoms. The molecule has 4 N–H and O–H groups in total. The molecular weight excluding hydrogens is 358 g/mol. The molecule has 1 aromatic heterocycles. The zero-order valence-corrected chi connectivity index (χ0v) is 15.6. The van der Waals surface area contributed by atoms with Crippen LogP contribution in [0, 0.1) is 5.92 Å². The third-order valence-electron chi connectivity index (χ3n) is 5.51. The summed E-state index contributed by atoms with van der Waals surface area (Å²) in [5.74, 6) is -1.04. The largest absolute Gasteiger partial charge is 0.369 e. The maximum atomic E-state index is 12.5. The number of aromatic nitrogens is 2. The van der Waals surface area contributed by atoms with Crippen molar-refractivity contribution < 1.29 is 14.4 Å². The first-order valence-electron chi connectivity index (χ1n) is 9.51. The molecule has 0 spiro atoms. The highest BCUT2D eigenvalue weighted by atomic mass is 16.2. The fourth-order valence-electron chi connectivity index (χ4n) is 3.53. The fourth-order valence-corrected chi connectivity index (χ4v) is 3.53. The van der Waals surface area contributed by atoms with Crippen LogP contribution in [0.4, 0.5) is 11.5 Å². The van der Waals surface area contributed by atoms with Crippen molar-refractivity contribution >= 4 is 29.2 Å². The summed E-state index contributed by atoms with van der Waals surface area (Å²) in [7, 11) is 0. The standard InChI is InChI=1S/C20H23N5O3/c1-11(19(27)22-17-10-16(23-24-17)13-2-3-13)12-4-6-14(7-5-12)25-9-8-15(18(21)26)20(25)28/h4-7,10-11,13,15H,2-3,8-9H2,1H3,(H2,21,26)(H2,22,23,24,27). The highest BCUT2D eigenvalue weighted by Crippen LogP contribution is 2.39. The van der Waals surface area contributed by atoms with Crippen LogP contribution in [0.1, 0.15) is 49.3 Å². The number of hydrogen-bond donors (Lipinski definition) is 3. The minimum Gasteiger partial charge on any atom is -0.369 e. The van der Waals surface area contributed by atoms with Crippen LogP contribution in [-0.4, -0.2) is 34.5 Å². The third kappa shape index (κ3) is 3.49. The van der Waals surface area contributed by atoms with Gasteiger partial charge in [-0.15, -0.1) is 0 Å². The van der Waals surface area contributed by atoms with E-state index in [2.05, 4.69) is 15.5 Å². The molecule has 2 unspecified atom stereocenters. The van der Waals surface area contributed by atoms with Crippen LogP contribution in [-0.2, 0) is 14.4 Å². The van der Waals surface area contributed by atoms with Crippen LogP contribution in [0.3, 0.4) is 0 Å². The Morgan fingerprint density at radius 2 is 1.96 bits per heavy atom. The van der Waals surface area contributed by atoms with E-state index < -0.39 is 11.8 Å². The van der Waals surface area contributed by atoms with E-state index in [1.165, 1.54) is 0 Å². The number of rotatable bonds is 6. The number of H-pyrrole nitrogens is 1. The van der Waals surface area contributed by atoms with Gasteiger partial charge in [-0.2, -0.15) is 5.10 Å². The first-order valence-corrected chi connectivity index (χ1v) is 9.51. The van der Waals surface area contributed by atoms with Gasteiger partial charge in [-0.3, -0.25) is 19.5 Å². The second-order valence-corrected chi connectivity index (χ2v) is 7.52. The molecule has 4 rings (SSSR count). The van der Waals surface area contributed by atoms with Crippen LogP contribution < -0.4 is 16.0 Å². The van der Waals surface area contributed by atoms with Gasteiger partial charge in [-0.1, -0.05) is 12.1 Å². The predicted octanol–water partition coefficient (Wildman–Crippen LogP) is 1.87. The van der Waals surface area contributed by atoms with E-state index in [0.717, 1.165) is 24.1 Å². The van der Waals surface area contributed by atoms with Gasteiger partial charge in [0.05, 0.1) is 5.92 Å². The Kier molecular flexibility index (Phi) is 4.62. The lowest BCUT2D eigenvalue weighted by Gasteiger charge is -2.18.